The van der Waals surface area contributed by atoms with E-state index in [-0.39, 0.29) is 10.7 Å². The molecule has 0 amide bonds. The molecule has 0 radical (unpaired) electrons. The first-order chi connectivity index (χ1) is 10.3. The molecule has 0 saturated heterocycles. The van der Waals surface area contributed by atoms with Crippen molar-refractivity contribution in [3.63, 3.8) is 0 Å². The highest BCUT2D eigenvalue weighted by Gasteiger charge is 2.31. The Hall–Kier alpha value is -2.89. The molecular weight excluding hydrogens is 268 g/mol. The van der Waals surface area contributed by atoms with Crippen LogP contribution in [0.3, 0.4) is 0 Å². The van der Waals surface area contributed by atoms with Crippen LogP contribution in [0, 0.1) is 10.1 Å². The van der Waals surface area contributed by atoms with E-state index < -0.39 is 0 Å². The minimum atomic E-state index is -0.365. The lowest BCUT2D eigenvalue weighted by Gasteiger charge is -2.15. The first kappa shape index (κ1) is 11.9. The van der Waals surface area contributed by atoms with Crippen molar-refractivity contribution in [1.82, 2.24) is 9.38 Å². The summed E-state index contributed by atoms with van der Waals surface area (Å²) in [7, 11) is 0. The number of anilines is 2. The maximum atomic E-state index is 11.5. The summed E-state index contributed by atoms with van der Waals surface area (Å²) in [5, 5.41) is 11.5. The summed E-state index contributed by atoms with van der Waals surface area (Å²) in [5.41, 5.74) is 2.79. The monoisotopic (exact) mass is 280 g/mol. The topological polar surface area (TPSA) is 63.7 Å². The van der Waals surface area contributed by atoms with E-state index in [1.165, 1.54) is 9.96 Å². The van der Waals surface area contributed by atoms with Gasteiger partial charge < -0.3 is 15.0 Å². The number of para-hydroxylation sites is 1. The predicted octanol–water partition coefficient (Wildman–Crippen LogP) is 2.94. The van der Waals surface area contributed by atoms with Gasteiger partial charge in [0.05, 0.1) is 6.20 Å². The van der Waals surface area contributed by atoms with E-state index in [1.54, 1.807) is 18.3 Å². The second-order valence-electron chi connectivity index (χ2n) is 4.98. The zero-order valence-electron chi connectivity index (χ0n) is 11.1. The highest BCUT2D eigenvalue weighted by atomic mass is 16.6. The van der Waals surface area contributed by atoms with Crippen LogP contribution in [0.2, 0.25) is 0 Å². The molecule has 0 atom stereocenters. The van der Waals surface area contributed by atoms with Crippen molar-refractivity contribution in [3.05, 3.63) is 64.3 Å². The Bertz CT molecular complexity index is 856. The molecule has 1 aliphatic heterocycles. The molecule has 6 nitrogen and oxygen atoms in total. The Kier molecular flexibility index (Phi) is 2.44. The van der Waals surface area contributed by atoms with E-state index in [0.29, 0.717) is 18.0 Å². The Labute approximate surface area is 120 Å². The highest BCUT2D eigenvalue weighted by molar-refractivity contribution is 5.75. The second kappa shape index (κ2) is 4.31. The van der Waals surface area contributed by atoms with E-state index in [2.05, 4.69) is 11.1 Å². The molecule has 0 bridgehead atoms. The van der Waals surface area contributed by atoms with Gasteiger partial charge in [0.2, 0.25) is 11.5 Å². The van der Waals surface area contributed by atoms with Gasteiger partial charge in [0.25, 0.3) is 0 Å². The van der Waals surface area contributed by atoms with Gasteiger partial charge in [-0.05, 0) is 29.0 Å². The molecule has 3 heterocycles. The molecule has 0 spiro atoms. The highest BCUT2D eigenvalue weighted by Crippen LogP contribution is 2.38. The number of nitro groups is 1. The van der Waals surface area contributed by atoms with Crippen molar-refractivity contribution in [1.29, 1.82) is 0 Å². The number of rotatable bonds is 2. The predicted molar refractivity (Wildman–Crippen MR) is 79.0 cm³/mol. The minimum Gasteiger partial charge on any atom is -0.358 e. The van der Waals surface area contributed by atoms with Crippen LogP contribution in [0.1, 0.15) is 5.56 Å². The summed E-state index contributed by atoms with van der Waals surface area (Å²) in [6, 6.07) is 13.3. The molecule has 0 N–H and O–H groups in total. The smallest absolute Gasteiger partial charge is 0.358 e. The van der Waals surface area contributed by atoms with Gasteiger partial charge in [-0.15, -0.1) is 0 Å². The Morgan fingerprint density at radius 2 is 1.95 bits per heavy atom. The summed E-state index contributed by atoms with van der Waals surface area (Å²) >= 11 is 0. The van der Waals surface area contributed by atoms with Gasteiger partial charge in [-0.2, -0.15) is 9.38 Å². The summed E-state index contributed by atoms with van der Waals surface area (Å²) in [6.07, 6.45) is 2.55. The maximum Gasteiger partial charge on any atom is 0.372 e. The zero-order valence-corrected chi connectivity index (χ0v) is 11.1. The standard InChI is InChI=1S/C15H12N4O2/c20-19(21)15-14(16-13-7-3-4-9-18(13)15)17-10-8-11-5-1-2-6-12(11)17/h1-7,9H,8,10H2. The fourth-order valence-electron chi connectivity index (χ4n) is 2.88. The molecule has 1 aromatic carbocycles. The van der Waals surface area contributed by atoms with Crippen molar-refractivity contribution in [3.8, 4) is 0 Å². The first-order valence-electron chi connectivity index (χ1n) is 6.72. The van der Waals surface area contributed by atoms with E-state index in [4.69, 9.17) is 0 Å². The van der Waals surface area contributed by atoms with E-state index in [0.717, 1.165) is 12.1 Å². The third-order valence-corrected chi connectivity index (χ3v) is 3.80. The normalized spacial score (nSPS) is 13.6. The number of imidazole rings is 1. The quantitative estimate of drug-likeness (QED) is 0.535. The molecule has 6 heteroatoms. The lowest BCUT2D eigenvalue weighted by molar-refractivity contribution is -0.389. The van der Waals surface area contributed by atoms with Gasteiger partial charge in [-0.3, -0.25) is 0 Å². The Morgan fingerprint density at radius 3 is 2.81 bits per heavy atom. The molecule has 2 aromatic heterocycles. The molecule has 1 aliphatic rings. The SMILES string of the molecule is O=[N+]([O-])c1c(N2CCc3ccccc32)nc2ccccn12. The third kappa shape index (κ3) is 1.69. The number of aromatic nitrogens is 2. The van der Waals surface area contributed by atoms with Crippen LogP contribution >= 0.6 is 0 Å². The molecule has 0 aliphatic carbocycles. The number of benzene rings is 1. The second-order valence-corrected chi connectivity index (χ2v) is 4.98. The third-order valence-electron chi connectivity index (χ3n) is 3.80. The van der Waals surface area contributed by atoms with Crippen LogP contribution in [0.25, 0.3) is 5.65 Å². The van der Waals surface area contributed by atoms with Gasteiger partial charge in [0, 0.05) is 18.3 Å². The van der Waals surface area contributed by atoms with E-state index >= 15 is 0 Å². The number of pyridine rings is 1. The van der Waals surface area contributed by atoms with Crippen LogP contribution in [0.4, 0.5) is 17.3 Å². The zero-order chi connectivity index (χ0) is 14.4. The van der Waals surface area contributed by atoms with Gasteiger partial charge in [0.1, 0.15) is 0 Å². The molecule has 3 aromatic rings. The number of nitrogens with zero attached hydrogens (tertiary/aromatic N) is 4. The number of fused-ring (bicyclic) bond motifs is 2. The van der Waals surface area contributed by atoms with Gasteiger partial charge in [-0.1, -0.05) is 24.3 Å². The minimum absolute atomic E-state index is 0.0160. The average Bonchev–Trinajstić information content (AvgIpc) is 3.08. The maximum absolute atomic E-state index is 11.5. The lowest BCUT2D eigenvalue weighted by Crippen LogP contribution is -2.15. The van der Waals surface area contributed by atoms with Crippen molar-refractivity contribution in [2.45, 2.75) is 6.42 Å². The van der Waals surface area contributed by atoms with Crippen LogP contribution in [0.15, 0.2) is 48.7 Å². The first-order valence-corrected chi connectivity index (χ1v) is 6.72. The Morgan fingerprint density at radius 1 is 1.14 bits per heavy atom. The molecule has 21 heavy (non-hydrogen) atoms. The molecule has 0 fully saturated rings. The van der Waals surface area contributed by atoms with Crippen LogP contribution < -0.4 is 4.90 Å². The van der Waals surface area contributed by atoms with Crippen LogP contribution in [-0.4, -0.2) is 20.9 Å². The van der Waals surface area contributed by atoms with Gasteiger partial charge >= 0.3 is 5.82 Å². The molecule has 0 saturated carbocycles. The number of hydrogen-bond donors (Lipinski definition) is 0. The van der Waals surface area contributed by atoms with Gasteiger partial charge in [-0.25, -0.2) is 0 Å². The fourth-order valence-corrected chi connectivity index (χ4v) is 2.88. The summed E-state index contributed by atoms with van der Waals surface area (Å²) < 4.78 is 1.52. The number of hydrogen-bond acceptors (Lipinski definition) is 4. The van der Waals surface area contributed by atoms with Crippen LogP contribution in [-0.2, 0) is 6.42 Å². The van der Waals surface area contributed by atoms with Crippen molar-refractivity contribution >= 4 is 23.0 Å². The fraction of sp³-hybridized carbons (Fsp3) is 0.133. The van der Waals surface area contributed by atoms with Crippen molar-refractivity contribution < 1.29 is 4.92 Å². The summed E-state index contributed by atoms with van der Waals surface area (Å²) in [6.45, 7) is 0.712. The largest absolute Gasteiger partial charge is 0.372 e. The Balaban J connectivity index is 1.96. The van der Waals surface area contributed by atoms with Crippen LogP contribution in [0.5, 0.6) is 0 Å². The average molecular weight is 280 g/mol. The molecular formula is C15H12N4O2. The van der Waals surface area contributed by atoms with Gasteiger partial charge in [0.15, 0.2) is 0 Å². The molecule has 0 unspecified atom stereocenters. The van der Waals surface area contributed by atoms with E-state index in [1.807, 2.05) is 29.2 Å². The van der Waals surface area contributed by atoms with E-state index in [9.17, 15) is 10.1 Å². The summed E-state index contributed by atoms with van der Waals surface area (Å²) in [4.78, 5) is 17.5. The van der Waals surface area contributed by atoms with Crippen molar-refractivity contribution in [2.24, 2.45) is 0 Å². The molecule has 104 valence electrons. The molecule has 4 rings (SSSR count). The summed E-state index contributed by atoms with van der Waals surface area (Å²) in [5.74, 6) is 0.429. The van der Waals surface area contributed by atoms with Crippen molar-refractivity contribution in [2.75, 3.05) is 11.4 Å². The lowest BCUT2D eigenvalue weighted by atomic mass is 10.2.